The summed E-state index contributed by atoms with van der Waals surface area (Å²) in [5, 5.41) is 33.2. The van der Waals surface area contributed by atoms with Gasteiger partial charge in [0.25, 0.3) is 0 Å². The second-order valence-corrected chi connectivity index (χ2v) is 18.4. The summed E-state index contributed by atoms with van der Waals surface area (Å²) in [6.45, 7) is 4.20. The summed E-state index contributed by atoms with van der Waals surface area (Å²) < 4.78 is 0. The second kappa shape index (κ2) is 49.5. The van der Waals surface area contributed by atoms with E-state index in [9.17, 15) is 20.1 Å². The molecule has 0 aliphatic carbocycles. The molecule has 3 unspecified atom stereocenters. The molecule has 0 rings (SSSR count). The van der Waals surface area contributed by atoms with Crippen LogP contribution in [0.2, 0.25) is 0 Å². The van der Waals surface area contributed by atoms with Gasteiger partial charge in [-0.05, 0) is 44.9 Å². The molecule has 0 radical (unpaired) electrons. The first-order valence-electron chi connectivity index (χ1n) is 26.7. The Labute approximate surface area is 369 Å². The lowest BCUT2D eigenvalue weighted by atomic mass is 10.0. The van der Waals surface area contributed by atoms with Crippen molar-refractivity contribution in [1.82, 2.24) is 5.32 Å². The molecule has 0 saturated heterocycles. The van der Waals surface area contributed by atoms with E-state index in [1.807, 2.05) is 6.08 Å². The van der Waals surface area contributed by atoms with Crippen LogP contribution in [-0.2, 0) is 4.79 Å². The number of unbranched alkanes of at least 4 members (excludes halogenated alkanes) is 39. The standard InChI is InChI=1S/C54H105NO4/c1-3-5-7-9-11-13-15-17-19-20-21-22-23-24-25-26-27-28-29-30-31-32-33-34-35-37-39-41-43-45-47-49-53(58)54(59)55-51(50-56)52(57)48-46-44-42-40-38-36-18-16-14-12-10-8-6-4-2/h24-25,46,48,51-53,56-58H,3-23,26-45,47,49-50H2,1-2H3,(H,55,59)/b25-24-,48-46+. The average molecular weight is 832 g/mol. The minimum absolute atomic E-state index is 0.361. The molecule has 1 amide bonds. The summed E-state index contributed by atoms with van der Waals surface area (Å²) in [4.78, 5) is 12.5. The minimum atomic E-state index is -1.10. The molecule has 0 saturated carbocycles. The van der Waals surface area contributed by atoms with Crippen LogP contribution in [0.25, 0.3) is 0 Å². The number of aliphatic hydroxyl groups excluding tert-OH is 3. The van der Waals surface area contributed by atoms with Crippen LogP contribution in [0.5, 0.6) is 0 Å². The maximum Gasteiger partial charge on any atom is 0.249 e. The van der Waals surface area contributed by atoms with Gasteiger partial charge in [-0.1, -0.05) is 269 Å². The zero-order chi connectivity index (χ0) is 43.0. The first-order chi connectivity index (χ1) is 29.1. The summed E-state index contributed by atoms with van der Waals surface area (Å²) in [5.41, 5.74) is 0. The molecule has 59 heavy (non-hydrogen) atoms. The number of hydrogen-bond acceptors (Lipinski definition) is 4. The lowest BCUT2D eigenvalue weighted by Crippen LogP contribution is -2.48. The molecular weight excluding hydrogens is 727 g/mol. The van der Waals surface area contributed by atoms with Gasteiger partial charge in [0, 0.05) is 0 Å². The van der Waals surface area contributed by atoms with Crippen molar-refractivity contribution in [3.63, 3.8) is 0 Å². The lowest BCUT2D eigenvalue weighted by Gasteiger charge is -2.21. The fourth-order valence-electron chi connectivity index (χ4n) is 8.36. The Kier molecular flexibility index (Phi) is 48.5. The van der Waals surface area contributed by atoms with E-state index in [2.05, 4.69) is 31.3 Å². The summed E-state index contributed by atoms with van der Waals surface area (Å²) in [5.74, 6) is -0.500. The highest BCUT2D eigenvalue weighted by molar-refractivity contribution is 5.80. The van der Waals surface area contributed by atoms with Crippen LogP contribution in [0.4, 0.5) is 0 Å². The molecule has 0 aliphatic rings. The van der Waals surface area contributed by atoms with Crippen molar-refractivity contribution in [2.45, 2.75) is 308 Å². The second-order valence-electron chi connectivity index (χ2n) is 18.4. The maximum absolute atomic E-state index is 12.5. The zero-order valence-corrected chi connectivity index (χ0v) is 39.9. The molecule has 0 fully saturated rings. The van der Waals surface area contributed by atoms with E-state index >= 15 is 0 Å². The van der Waals surface area contributed by atoms with Crippen molar-refractivity contribution in [3.05, 3.63) is 24.3 Å². The third-order valence-electron chi connectivity index (χ3n) is 12.5. The van der Waals surface area contributed by atoms with E-state index < -0.39 is 24.2 Å². The van der Waals surface area contributed by atoms with Crippen molar-refractivity contribution in [2.75, 3.05) is 6.61 Å². The molecule has 0 heterocycles. The fourth-order valence-corrected chi connectivity index (χ4v) is 8.36. The van der Waals surface area contributed by atoms with Crippen LogP contribution in [-0.4, -0.2) is 46.1 Å². The quantitative estimate of drug-likeness (QED) is 0.0363. The third-order valence-corrected chi connectivity index (χ3v) is 12.5. The van der Waals surface area contributed by atoms with Crippen molar-refractivity contribution in [1.29, 1.82) is 0 Å². The summed E-state index contributed by atoms with van der Waals surface area (Å²) in [7, 11) is 0. The Bertz CT molecular complexity index is 874. The van der Waals surface area contributed by atoms with Gasteiger partial charge in [-0.2, -0.15) is 0 Å². The Morgan fingerprint density at radius 3 is 0.983 bits per heavy atom. The lowest BCUT2D eigenvalue weighted by molar-refractivity contribution is -0.131. The van der Waals surface area contributed by atoms with Gasteiger partial charge in [0.1, 0.15) is 6.10 Å². The first kappa shape index (κ1) is 57.8. The molecule has 0 aliphatic heterocycles. The van der Waals surface area contributed by atoms with Crippen LogP contribution < -0.4 is 5.32 Å². The number of allylic oxidation sites excluding steroid dienone is 3. The fraction of sp³-hybridized carbons (Fsp3) is 0.907. The van der Waals surface area contributed by atoms with Gasteiger partial charge in [0.15, 0.2) is 0 Å². The van der Waals surface area contributed by atoms with Crippen LogP contribution in [0, 0.1) is 0 Å². The number of rotatable bonds is 49. The molecule has 0 aromatic carbocycles. The monoisotopic (exact) mass is 832 g/mol. The van der Waals surface area contributed by atoms with Gasteiger partial charge in [-0.15, -0.1) is 0 Å². The predicted molar refractivity (Wildman–Crippen MR) is 259 cm³/mol. The topological polar surface area (TPSA) is 89.8 Å². The minimum Gasteiger partial charge on any atom is -0.394 e. The number of nitrogens with one attached hydrogen (secondary N) is 1. The molecular formula is C54H105NO4. The average Bonchev–Trinajstić information content (AvgIpc) is 3.24. The van der Waals surface area contributed by atoms with E-state index in [0.29, 0.717) is 6.42 Å². The Morgan fingerprint density at radius 1 is 0.407 bits per heavy atom. The first-order valence-corrected chi connectivity index (χ1v) is 26.7. The van der Waals surface area contributed by atoms with Crippen molar-refractivity contribution < 1.29 is 20.1 Å². The highest BCUT2D eigenvalue weighted by atomic mass is 16.3. The summed E-state index contributed by atoms with van der Waals surface area (Å²) >= 11 is 0. The number of carbonyl (C=O) groups excluding carboxylic acids is 1. The van der Waals surface area contributed by atoms with E-state index in [0.717, 1.165) is 32.1 Å². The van der Waals surface area contributed by atoms with E-state index in [-0.39, 0.29) is 6.61 Å². The molecule has 350 valence electrons. The summed E-state index contributed by atoms with van der Waals surface area (Å²) in [6.07, 6.45) is 62.5. The Hall–Kier alpha value is -1.17. The van der Waals surface area contributed by atoms with Gasteiger partial charge in [0.05, 0.1) is 18.8 Å². The number of hydrogen-bond donors (Lipinski definition) is 4. The van der Waals surface area contributed by atoms with E-state index in [1.54, 1.807) is 6.08 Å². The van der Waals surface area contributed by atoms with Crippen LogP contribution in [0.1, 0.15) is 290 Å². The van der Waals surface area contributed by atoms with Gasteiger partial charge >= 0.3 is 0 Å². The third kappa shape index (κ3) is 44.7. The van der Waals surface area contributed by atoms with Crippen molar-refractivity contribution >= 4 is 5.91 Å². The molecule has 0 spiro atoms. The Balaban J connectivity index is 3.51. The van der Waals surface area contributed by atoms with Gasteiger partial charge in [-0.25, -0.2) is 0 Å². The number of carbonyl (C=O) groups is 1. The van der Waals surface area contributed by atoms with E-state index in [1.165, 1.54) is 238 Å². The van der Waals surface area contributed by atoms with Crippen LogP contribution in [0.3, 0.4) is 0 Å². The normalized spacial score (nSPS) is 13.5. The molecule has 4 N–H and O–H groups in total. The molecule has 3 atom stereocenters. The van der Waals surface area contributed by atoms with Gasteiger partial charge in [-0.3, -0.25) is 4.79 Å². The van der Waals surface area contributed by atoms with E-state index in [4.69, 9.17) is 0 Å². The SMILES string of the molecule is CCCCCCCCCCCCCC/C=C\CCCCCCCCCCCCCCCCCC(O)C(=O)NC(CO)C(O)/C=C/CCCCCCCCCCCCCC. The van der Waals surface area contributed by atoms with Crippen molar-refractivity contribution in [3.8, 4) is 0 Å². The van der Waals surface area contributed by atoms with Gasteiger partial charge < -0.3 is 20.6 Å². The van der Waals surface area contributed by atoms with Crippen LogP contribution >= 0.6 is 0 Å². The van der Waals surface area contributed by atoms with Gasteiger partial charge in [0.2, 0.25) is 5.91 Å². The highest BCUT2D eigenvalue weighted by Crippen LogP contribution is 2.17. The smallest absolute Gasteiger partial charge is 0.249 e. The molecule has 0 aromatic rings. The van der Waals surface area contributed by atoms with Crippen molar-refractivity contribution in [2.24, 2.45) is 0 Å². The van der Waals surface area contributed by atoms with Crippen LogP contribution in [0.15, 0.2) is 24.3 Å². The Morgan fingerprint density at radius 2 is 0.678 bits per heavy atom. The maximum atomic E-state index is 12.5. The highest BCUT2D eigenvalue weighted by Gasteiger charge is 2.22. The molecule has 5 nitrogen and oxygen atoms in total. The number of aliphatic hydroxyl groups is 3. The summed E-state index contributed by atoms with van der Waals surface area (Å²) in [6, 6.07) is -0.795. The largest absolute Gasteiger partial charge is 0.394 e. The number of amides is 1. The molecule has 5 heteroatoms. The molecule has 0 bridgehead atoms. The predicted octanol–water partition coefficient (Wildman–Crippen LogP) is 16.1. The molecule has 0 aromatic heterocycles. The zero-order valence-electron chi connectivity index (χ0n) is 39.9.